The highest BCUT2D eigenvalue weighted by Gasteiger charge is 2.46. The molecule has 1 aromatic carbocycles. The summed E-state index contributed by atoms with van der Waals surface area (Å²) in [6.45, 7) is 3.38. The van der Waals surface area contributed by atoms with Crippen LogP contribution < -0.4 is 0 Å². The Kier molecular flexibility index (Phi) is 3.50. The van der Waals surface area contributed by atoms with E-state index in [1.54, 1.807) is 0 Å². The number of carbonyl (C=O) groups excluding carboxylic acids is 1. The Morgan fingerprint density at radius 2 is 1.89 bits per heavy atom. The average Bonchev–Trinajstić information content (AvgIpc) is 2.40. The number of hydrogen-bond donors (Lipinski definition) is 1. The minimum absolute atomic E-state index is 0.194. The highest BCUT2D eigenvalue weighted by molar-refractivity contribution is 9.10. The van der Waals surface area contributed by atoms with E-state index in [1.807, 2.05) is 24.3 Å². The van der Waals surface area contributed by atoms with Crippen molar-refractivity contribution in [2.75, 3.05) is 26.2 Å². The average molecular weight is 325 g/mol. The fourth-order valence-corrected chi connectivity index (χ4v) is 3.77. The van der Waals surface area contributed by atoms with E-state index < -0.39 is 0 Å². The summed E-state index contributed by atoms with van der Waals surface area (Å²) < 4.78 is 1.78. The molecule has 0 aromatic heterocycles. The number of carbonyl (C=O) groups is 1. The maximum atomic E-state index is 12.4. The van der Waals surface area contributed by atoms with Gasteiger partial charge in [-0.1, -0.05) is 28.1 Å². The predicted molar refractivity (Wildman–Crippen MR) is 76.9 cm³/mol. The highest BCUT2D eigenvalue weighted by atomic mass is 79.9. The smallest absolute Gasteiger partial charge is 0.216 e. The Morgan fingerprint density at radius 1 is 1.26 bits per heavy atom. The van der Waals surface area contributed by atoms with Crippen molar-refractivity contribution in [1.29, 1.82) is 0 Å². The molecule has 3 heterocycles. The second kappa shape index (κ2) is 5.00. The normalized spacial score (nSPS) is 33.4. The van der Waals surface area contributed by atoms with Crippen LogP contribution in [0.2, 0.25) is 0 Å². The van der Waals surface area contributed by atoms with Gasteiger partial charge < -0.3 is 9.59 Å². The SMILES string of the molecule is O=C(C[N+]12CCC(CC1)[C@@H](O)C2)c1ccc(Br)cc1. The van der Waals surface area contributed by atoms with Gasteiger partial charge in [-0.2, -0.15) is 0 Å². The molecule has 2 bridgehead atoms. The molecule has 4 rings (SSSR count). The van der Waals surface area contributed by atoms with Gasteiger partial charge in [-0.15, -0.1) is 0 Å². The molecule has 102 valence electrons. The third-order valence-electron chi connectivity index (χ3n) is 4.71. The first-order chi connectivity index (χ1) is 9.08. The van der Waals surface area contributed by atoms with Gasteiger partial charge in [-0.05, 0) is 12.1 Å². The van der Waals surface area contributed by atoms with Crippen LogP contribution in [0.4, 0.5) is 0 Å². The molecular formula is C15H19BrNO2+. The zero-order chi connectivity index (χ0) is 13.5. The van der Waals surface area contributed by atoms with E-state index in [1.165, 1.54) is 0 Å². The molecule has 3 aliphatic rings. The first kappa shape index (κ1) is 13.3. The van der Waals surface area contributed by atoms with Crippen molar-refractivity contribution in [2.45, 2.75) is 18.9 Å². The number of rotatable bonds is 3. The molecule has 19 heavy (non-hydrogen) atoms. The number of nitrogens with zero attached hydrogens (tertiary/aromatic N) is 1. The first-order valence-electron chi connectivity index (χ1n) is 6.90. The topological polar surface area (TPSA) is 37.3 Å². The third kappa shape index (κ3) is 2.62. The van der Waals surface area contributed by atoms with Crippen LogP contribution in [0.15, 0.2) is 28.7 Å². The van der Waals surface area contributed by atoms with Gasteiger partial charge >= 0.3 is 0 Å². The molecule has 0 amide bonds. The zero-order valence-corrected chi connectivity index (χ0v) is 12.5. The van der Waals surface area contributed by atoms with Gasteiger partial charge in [-0.3, -0.25) is 4.79 Å². The van der Waals surface area contributed by atoms with Crippen LogP contribution in [0.3, 0.4) is 0 Å². The van der Waals surface area contributed by atoms with Crippen LogP contribution in [-0.4, -0.2) is 47.7 Å². The monoisotopic (exact) mass is 324 g/mol. The molecule has 1 atom stereocenters. The maximum Gasteiger partial charge on any atom is 0.216 e. The van der Waals surface area contributed by atoms with Gasteiger partial charge in [0.1, 0.15) is 19.2 Å². The molecular weight excluding hydrogens is 306 g/mol. The van der Waals surface area contributed by atoms with Crippen LogP contribution in [0.5, 0.6) is 0 Å². The molecule has 0 saturated carbocycles. The molecule has 0 spiro atoms. The van der Waals surface area contributed by atoms with Crippen molar-refractivity contribution in [3.63, 3.8) is 0 Å². The summed E-state index contributed by atoms with van der Waals surface area (Å²) in [6, 6.07) is 7.56. The molecule has 4 heteroatoms. The van der Waals surface area contributed by atoms with Crippen LogP contribution in [0.1, 0.15) is 23.2 Å². The van der Waals surface area contributed by atoms with Gasteiger partial charge in [0.15, 0.2) is 0 Å². The van der Waals surface area contributed by atoms with E-state index in [0.29, 0.717) is 12.5 Å². The van der Waals surface area contributed by atoms with Crippen LogP contribution >= 0.6 is 15.9 Å². The summed E-state index contributed by atoms with van der Waals surface area (Å²) in [6.07, 6.45) is 1.92. The van der Waals surface area contributed by atoms with Crippen molar-refractivity contribution in [3.05, 3.63) is 34.3 Å². The largest absolute Gasteiger partial charge is 0.387 e. The third-order valence-corrected chi connectivity index (χ3v) is 5.24. The summed E-state index contributed by atoms with van der Waals surface area (Å²) in [4.78, 5) is 12.4. The second-order valence-corrected chi connectivity index (χ2v) is 6.88. The summed E-state index contributed by atoms with van der Waals surface area (Å²) >= 11 is 3.38. The minimum Gasteiger partial charge on any atom is -0.387 e. The lowest BCUT2D eigenvalue weighted by atomic mass is 9.83. The van der Waals surface area contributed by atoms with Crippen LogP contribution in [0, 0.1) is 5.92 Å². The Morgan fingerprint density at radius 3 is 2.47 bits per heavy atom. The van der Waals surface area contributed by atoms with Gasteiger partial charge in [0.25, 0.3) is 0 Å². The molecule has 0 radical (unpaired) electrons. The summed E-state index contributed by atoms with van der Waals surface area (Å²) in [5.74, 6) is 0.669. The van der Waals surface area contributed by atoms with Crippen LogP contribution in [0.25, 0.3) is 0 Å². The molecule has 0 aliphatic carbocycles. The number of halogens is 1. The Labute approximate surface area is 121 Å². The molecule has 1 N–H and O–H groups in total. The number of fused-ring (bicyclic) bond motifs is 3. The van der Waals surface area contributed by atoms with E-state index in [0.717, 1.165) is 47.0 Å². The van der Waals surface area contributed by atoms with Crippen molar-refractivity contribution < 1.29 is 14.4 Å². The van der Waals surface area contributed by atoms with Crippen molar-refractivity contribution in [1.82, 2.24) is 0 Å². The molecule has 3 saturated heterocycles. The zero-order valence-electron chi connectivity index (χ0n) is 10.9. The highest BCUT2D eigenvalue weighted by Crippen LogP contribution is 2.34. The number of benzene rings is 1. The van der Waals surface area contributed by atoms with Gasteiger partial charge in [0.2, 0.25) is 5.78 Å². The fraction of sp³-hybridized carbons (Fsp3) is 0.533. The molecule has 3 aliphatic heterocycles. The second-order valence-electron chi connectivity index (χ2n) is 5.96. The Hall–Kier alpha value is -0.710. The van der Waals surface area contributed by atoms with E-state index in [9.17, 15) is 9.90 Å². The Balaban J connectivity index is 1.73. The number of aliphatic hydroxyl groups excluding tert-OH is 1. The Bertz CT molecular complexity index is 477. The molecule has 0 unspecified atom stereocenters. The quantitative estimate of drug-likeness (QED) is 0.684. The van der Waals surface area contributed by atoms with Crippen molar-refractivity contribution >= 4 is 21.7 Å². The number of aliphatic hydroxyl groups is 1. The van der Waals surface area contributed by atoms with E-state index in [-0.39, 0.29) is 11.9 Å². The molecule has 3 nitrogen and oxygen atoms in total. The number of Topliss-reactive ketones (excluding diaryl/α,β-unsaturated/α-hetero) is 1. The fourth-order valence-electron chi connectivity index (χ4n) is 3.50. The summed E-state index contributed by atoms with van der Waals surface area (Å²) in [5.41, 5.74) is 0.776. The lowest BCUT2D eigenvalue weighted by Gasteiger charge is -2.50. The number of piperidine rings is 3. The molecule has 3 fully saturated rings. The summed E-state index contributed by atoms with van der Waals surface area (Å²) in [7, 11) is 0. The van der Waals surface area contributed by atoms with E-state index in [2.05, 4.69) is 15.9 Å². The van der Waals surface area contributed by atoms with Gasteiger partial charge in [0, 0.05) is 28.8 Å². The molecule has 1 aromatic rings. The van der Waals surface area contributed by atoms with E-state index >= 15 is 0 Å². The standard InChI is InChI=1S/C15H19BrNO2/c16-13-3-1-11(2-4-13)14(18)9-17-7-5-12(6-8-17)15(19)10-17/h1-4,12,15,19H,5-10H2/q+1/t12?,15-,17?/m0/s1. The van der Waals surface area contributed by atoms with Gasteiger partial charge in [0.05, 0.1) is 13.1 Å². The number of hydrogen-bond acceptors (Lipinski definition) is 2. The van der Waals surface area contributed by atoms with Crippen LogP contribution in [-0.2, 0) is 0 Å². The lowest BCUT2D eigenvalue weighted by molar-refractivity contribution is -0.938. The maximum absolute atomic E-state index is 12.4. The summed E-state index contributed by atoms with van der Waals surface area (Å²) in [5, 5.41) is 10.1. The minimum atomic E-state index is -0.208. The first-order valence-corrected chi connectivity index (χ1v) is 7.69. The number of ketones is 1. The predicted octanol–water partition coefficient (Wildman–Crippen LogP) is 2.23. The van der Waals surface area contributed by atoms with E-state index in [4.69, 9.17) is 0 Å². The lowest BCUT2D eigenvalue weighted by Crippen LogP contribution is -2.65. The number of quaternary nitrogens is 1. The van der Waals surface area contributed by atoms with Crippen molar-refractivity contribution in [3.8, 4) is 0 Å². The van der Waals surface area contributed by atoms with Gasteiger partial charge in [-0.25, -0.2) is 0 Å². The van der Waals surface area contributed by atoms with Crippen molar-refractivity contribution in [2.24, 2.45) is 5.92 Å².